The molecule has 13 heteroatoms. The second-order valence-electron chi connectivity index (χ2n) is 11.8. The van der Waals surface area contributed by atoms with Crippen molar-refractivity contribution in [3.8, 4) is 5.75 Å². The molecule has 1 aliphatic carbocycles. The van der Waals surface area contributed by atoms with Gasteiger partial charge >= 0.3 is 12.2 Å². The van der Waals surface area contributed by atoms with Crippen LogP contribution in [0.4, 0.5) is 18.0 Å². The van der Waals surface area contributed by atoms with Crippen LogP contribution in [0, 0.1) is 0 Å². The fourth-order valence-electron chi connectivity index (χ4n) is 5.97. The van der Waals surface area contributed by atoms with E-state index in [2.05, 4.69) is 5.32 Å². The van der Waals surface area contributed by atoms with Gasteiger partial charge in [-0.1, -0.05) is 47.5 Å². The van der Waals surface area contributed by atoms with Gasteiger partial charge in [-0.05, 0) is 73.4 Å². The Kier molecular flexibility index (Phi) is 9.68. The average molecular weight is 689 g/mol. The topological polar surface area (TPSA) is 77.5 Å². The molecule has 47 heavy (non-hydrogen) atoms. The van der Waals surface area contributed by atoms with Crippen molar-refractivity contribution in [1.29, 1.82) is 0 Å². The number of hydrogen-bond donors (Lipinski definition) is 1. The van der Waals surface area contributed by atoms with Crippen LogP contribution in [0.15, 0.2) is 71.7 Å². The quantitative estimate of drug-likeness (QED) is 0.278. The molecule has 2 atom stereocenters. The summed E-state index contributed by atoms with van der Waals surface area (Å²) in [5, 5.41) is 4.04. The number of nitrogens with zero attached hydrogens (tertiary/aromatic N) is 4. The zero-order valence-electron chi connectivity index (χ0n) is 25.6. The Morgan fingerprint density at radius 2 is 1.53 bits per heavy atom. The van der Waals surface area contributed by atoms with Crippen molar-refractivity contribution in [2.24, 2.45) is 4.99 Å². The van der Waals surface area contributed by atoms with Gasteiger partial charge in [0.25, 0.3) is 0 Å². The first-order chi connectivity index (χ1) is 22.5. The Bertz CT molecular complexity index is 1640. The van der Waals surface area contributed by atoms with Crippen molar-refractivity contribution < 1.29 is 27.5 Å². The van der Waals surface area contributed by atoms with Gasteiger partial charge in [0.1, 0.15) is 17.6 Å². The molecule has 3 amide bonds. The third kappa shape index (κ3) is 7.52. The molecule has 1 N–H and O–H groups in total. The maximum absolute atomic E-state index is 14.6. The highest BCUT2D eigenvalue weighted by atomic mass is 35.5. The summed E-state index contributed by atoms with van der Waals surface area (Å²) < 4.78 is 47.0. The van der Waals surface area contributed by atoms with Crippen LogP contribution < -0.4 is 10.1 Å². The number of piperazine rings is 1. The monoisotopic (exact) mass is 687 g/mol. The first-order valence-electron chi connectivity index (χ1n) is 15.5. The van der Waals surface area contributed by atoms with Gasteiger partial charge < -0.3 is 15.0 Å². The molecule has 8 nitrogen and oxygen atoms in total. The van der Waals surface area contributed by atoms with Crippen LogP contribution in [0.3, 0.4) is 0 Å². The Labute approximate surface area is 281 Å². The smallest absolute Gasteiger partial charge is 0.416 e. The number of amides is 3. The van der Waals surface area contributed by atoms with Gasteiger partial charge in [-0.25, -0.2) is 4.79 Å². The first kappa shape index (κ1) is 33.1. The van der Waals surface area contributed by atoms with Gasteiger partial charge in [-0.15, -0.1) is 0 Å². The van der Waals surface area contributed by atoms with E-state index in [1.54, 1.807) is 41.0 Å². The van der Waals surface area contributed by atoms with E-state index in [1.807, 2.05) is 29.2 Å². The Morgan fingerprint density at radius 1 is 0.915 bits per heavy atom. The van der Waals surface area contributed by atoms with Crippen LogP contribution in [0.25, 0.3) is 0 Å². The Hall–Kier alpha value is -3.80. The fraction of sp³-hybridized carbons (Fsp3) is 0.382. The second-order valence-corrected chi connectivity index (χ2v) is 12.7. The van der Waals surface area contributed by atoms with Crippen LogP contribution in [-0.2, 0) is 11.0 Å². The summed E-state index contributed by atoms with van der Waals surface area (Å²) in [6, 6.07) is 16.1. The van der Waals surface area contributed by atoms with E-state index in [1.165, 1.54) is 6.07 Å². The standard InChI is InChI=1S/C34H34Cl2F3N5O3/c1-2-47-28-19-23(34(37,38)39)7-14-27(28)32-41-30(21-3-8-24(35)9-4-21)31(22-5-10-25(36)11-6-22)44(32)33(46)43-17-15-42(16-18-43)20-29(45)40-26-12-13-26/h3-11,14,19,26,30-31H,2,12-13,15-18,20H2,1H3,(H,40,45). The molecule has 0 aromatic heterocycles. The van der Waals surface area contributed by atoms with E-state index in [4.69, 9.17) is 32.9 Å². The molecule has 2 aliphatic heterocycles. The normalized spacial score (nSPS) is 20.3. The van der Waals surface area contributed by atoms with Crippen molar-refractivity contribution in [1.82, 2.24) is 20.0 Å². The number of alkyl halides is 3. The summed E-state index contributed by atoms with van der Waals surface area (Å²) in [4.78, 5) is 37.4. The molecule has 0 spiro atoms. The molecule has 3 aliphatic rings. The van der Waals surface area contributed by atoms with Crippen molar-refractivity contribution in [2.75, 3.05) is 39.3 Å². The van der Waals surface area contributed by atoms with Crippen LogP contribution in [0.1, 0.15) is 54.1 Å². The lowest BCUT2D eigenvalue weighted by atomic mass is 9.93. The predicted molar refractivity (Wildman–Crippen MR) is 174 cm³/mol. The maximum Gasteiger partial charge on any atom is 0.416 e. The van der Waals surface area contributed by atoms with Gasteiger partial charge in [-0.2, -0.15) is 13.2 Å². The van der Waals surface area contributed by atoms with Gasteiger partial charge in [0.05, 0.1) is 30.3 Å². The van der Waals surface area contributed by atoms with Crippen LogP contribution in [0.2, 0.25) is 10.0 Å². The van der Waals surface area contributed by atoms with Crippen molar-refractivity contribution in [2.45, 2.75) is 44.1 Å². The molecule has 1 saturated heterocycles. The lowest BCUT2D eigenvalue weighted by Gasteiger charge is -2.39. The fourth-order valence-corrected chi connectivity index (χ4v) is 6.22. The van der Waals surface area contributed by atoms with Gasteiger partial charge in [0, 0.05) is 42.3 Å². The molecule has 3 aromatic rings. The molecule has 6 rings (SSSR count). The number of ether oxygens (including phenoxy) is 1. The summed E-state index contributed by atoms with van der Waals surface area (Å²) >= 11 is 12.5. The minimum Gasteiger partial charge on any atom is -0.493 e. The third-order valence-electron chi connectivity index (χ3n) is 8.50. The average Bonchev–Trinajstić information content (AvgIpc) is 3.77. The van der Waals surface area contributed by atoms with Gasteiger partial charge in [0.2, 0.25) is 5.91 Å². The number of carbonyl (C=O) groups excluding carboxylic acids is 2. The Balaban J connectivity index is 1.39. The maximum atomic E-state index is 14.6. The van der Waals surface area contributed by atoms with E-state index < -0.39 is 23.8 Å². The second kappa shape index (κ2) is 13.7. The van der Waals surface area contributed by atoms with E-state index in [-0.39, 0.29) is 48.3 Å². The summed E-state index contributed by atoms with van der Waals surface area (Å²) in [7, 11) is 0. The third-order valence-corrected chi connectivity index (χ3v) is 9.00. The SMILES string of the molecule is CCOc1cc(C(F)(F)F)ccc1C1=NC(c2ccc(Cl)cc2)C(c2ccc(Cl)cc2)N1C(=O)N1CCN(CC(=O)NC2CC2)CC1. The van der Waals surface area contributed by atoms with Gasteiger partial charge in [-0.3, -0.25) is 19.6 Å². The zero-order valence-corrected chi connectivity index (χ0v) is 27.2. The number of benzene rings is 3. The number of halogens is 5. The molecule has 3 aromatic carbocycles. The number of nitrogens with one attached hydrogen (secondary N) is 1. The zero-order chi connectivity index (χ0) is 33.3. The highest BCUT2D eigenvalue weighted by molar-refractivity contribution is 6.30. The number of hydrogen-bond acceptors (Lipinski definition) is 5. The van der Waals surface area contributed by atoms with Crippen LogP contribution in [0.5, 0.6) is 5.75 Å². The van der Waals surface area contributed by atoms with Crippen molar-refractivity contribution in [3.63, 3.8) is 0 Å². The number of amidine groups is 1. The van der Waals surface area contributed by atoms with Crippen molar-refractivity contribution in [3.05, 3.63) is 99.0 Å². The number of aliphatic imine (C=N–C) groups is 1. The number of carbonyl (C=O) groups is 2. The summed E-state index contributed by atoms with van der Waals surface area (Å²) in [6.07, 6.45) is -2.59. The first-order valence-corrected chi connectivity index (χ1v) is 16.3. The van der Waals surface area contributed by atoms with Crippen LogP contribution >= 0.6 is 23.2 Å². The lowest BCUT2D eigenvalue weighted by molar-refractivity contribution is -0.137. The molecular formula is C34H34Cl2F3N5O3. The highest BCUT2D eigenvalue weighted by Crippen LogP contribution is 2.46. The van der Waals surface area contributed by atoms with E-state index in [0.29, 0.717) is 36.2 Å². The minimum atomic E-state index is -4.59. The molecule has 0 radical (unpaired) electrons. The highest BCUT2D eigenvalue weighted by Gasteiger charge is 2.45. The summed E-state index contributed by atoms with van der Waals surface area (Å²) in [5.41, 5.74) is 0.894. The van der Waals surface area contributed by atoms with E-state index in [9.17, 15) is 22.8 Å². The molecule has 1 saturated carbocycles. The summed E-state index contributed by atoms with van der Waals surface area (Å²) in [5.74, 6) is 0.135. The minimum absolute atomic E-state index is 0.0272. The number of rotatable bonds is 8. The molecule has 2 heterocycles. The van der Waals surface area contributed by atoms with Gasteiger partial charge in [0.15, 0.2) is 0 Å². The number of urea groups is 1. The predicted octanol–water partition coefficient (Wildman–Crippen LogP) is 6.97. The largest absolute Gasteiger partial charge is 0.493 e. The summed E-state index contributed by atoms with van der Waals surface area (Å²) in [6.45, 7) is 3.72. The molecule has 2 unspecified atom stereocenters. The van der Waals surface area contributed by atoms with Crippen LogP contribution in [-0.4, -0.2) is 77.8 Å². The Morgan fingerprint density at radius 3 is 2.11 bits per heavy atom. The van der Waals surface area contributed by atoms with Crippen molar-refractivity contribution >= 4 is 41.0 Å². The van der Waals surface area contributed by atoms with E-state index in [0.717, 1.165) is 36.1 Å². The molecule has 248 valence electrons. The lowest BCUT2D eigenvalue weighted by Crippen LogP contribution is -2.55. The van der Waals surface area contributed by atoms with E-state index >= 15 is 0 Å². The molecule has 2 fully saturated rings. The molecule has 0 bridgehead atoms. The molecular weight excluding hydrogens is 654 g/mol.